The van der Waals surface area contributed by atoms with Crippen LogP contribution in [0.1, 0.15) is 48.0 Å². The minimum atomic E-state index is -3.46. The monoisotopic (exact) mass is 440 g/mol. The highest BCUT2D eigenvalue weighted by molar-refractivity contribution is 7.88. The smallest absolute Gasteiger partial charge is 0.255 e. The van der Waals surface area contributed by atoms with Gasteiger partial charge in [-0.05, 0) is 43.5 Å². The first-order valence-electron chi connectivity index (χ1n) is 10.3. The van der Waals surface area contributed by atoms with E-state index in [0.29, 0.717) is 17.5 Å². The summed E-state index contributed by atoms with van der Waals surface area (Å²) in [6.07, 6.45) is 2.22. The number of benzene rings is 2. The molecule has 0 aliphatic carbocycles. The van der Waals surface area contributed by atoms with Crippen molar-refractivity contribution in [2.45, 2.75) is 45.5 Å². The molecular weight excluding hydrogens is 412 g/mol. The molecule has 0 aliphatic rings. The maximum absolute atomic E-state index is 12.9. The van der Waals surface area contributed by atoms with Crippen LogP contribution in [0.3, 0.4) is 0 Å². The van der Waals surface area contributed by atoms with Crippen molar-refractivity contribution in [3.05, 3.63) is 83.2 Å². The predicted octanol–water partition coefficient (Wildman–Crippen LogP) is 3.19. The van der Waals surface area contributed by atoms with E-state index in [1.165, 1.54) is 0 Å². The summed E-state index contributed by atoms with van der Waals surface area (Å²) in [6.45, 7) is 5.77. The fourth-order valence-corrected chi connectivity index (χ4v) is 4.93. The number of para-hydroxylation sites is 1. The van der Waals surface area contributed by atoms with Crippen LogP contribution >= 0.6 is 0 Å². The third kappa shape index (κ3) is 5.80. The molecule has 0 fully saturated rings. The zero-order chi connectivity index (χ0) is 22.4. The molecule has 2 aromatic carbocycles. The molecule has 1 heterocycles. The first-order valence-corrected chi connectivity index (χ1v) is 11.9. The second-order valence-corrected chi connectivity index (χ2v) is 9.34. The fourth-order valence-electron chi connectivity index (χ4n) is 3.44. The molecule has 0 radical (unpaired) electrons. The number of hydrogen-bond acceptors (Lipinski definition) is 4. The number of nitrogens with zero attached hydrogens (tertiary/aromatic N) is 2. The topological polar surface area (TPSA) is 93.1 Å². The highest BCUT2D eigenvalue weighted by atomic mass is 32.2. The molecule has 1 amide bonds. The van der Waals surface area contributed by atoms with Crippen LogP contribution in [0, 0.1) is 0 Å². The van der Waals surface area contributed by atoms with Gasteiger partial charge in [0.2, 0.25) is 10.0 Å². The molecule has 0 atom stereocenters. The lowest BCUT2D eigenvalue weighted by atomic mass is 10.1. The number of carbonyl (C=O) groups excluding carboxylic acids is 1. The Morgan fingerprint density at radius 3 is 2.32 bits per heavy atom. The molecule has 0 unspecified atom stereocenters. The zero-order valence-corrected chi connectivity index (χ0v) is 18.8. The van der Waals surface area contributed by atoms with E-state index >= 15 is 0 Å². The van der Waals surface area contributed by atoms with Crippen LogP contribution < -0.4 is 10.0 Å². The quantitative estimate of drug-likeness (QED) is 0.534. The van der Waals surface area contributed by atoms with Gasteiger partial charge in [-0.15, -0.1) is 0 Å². The Kier molecular flexibility index (Phi) is 7.25. The Labute approximate surface area is 183 Å². The Bertz CT molecular complexity index is 1140. The van der Waals surface area contributed by atoms with Crippen molar-refractivity contribution in [3.8, 4) is 5.69 Å². The van der Waals surface area contributed by atoms with Gasteiger partial charge in [-0.3, -0.25) is 4.79 Å². The van der Waals surface area contributed by atoms with Gasteiger partial charge in [-0.1, -0.05) is 49.4 Å². The van der Waals surface area contributed by atoms with E-state index < -0.39 is 10.0 Å². The van der Waals surface area contributed by atoms with Crippen LogP contribution in [0.4, 0.5) is 0 Å². The van der Waals surface area contributed by atoms with Crippen LogP contribution in [-0.2, 0) is 28.7 Å². The molecule has 1 aromatic heterocycles. The Morgan fingerprint density at radius 2 is 1.68 bits per heavy atom. The normalized spacial score (nSPS) is 11.6. The number of hydrogen-bond donors (Lipinski definition) is 2. The molecule has 8 heteroatoms. The summed E-state index contributed by atoms with van der Waals surface area (Å²) in [7, 11) is -3.46. The lowest BCUT2D eigenvalue weighted by Crippen LogP contribution is -2.32. The molecule has 0 bridgehead atoms. The number of carbonyl (C=O) groups is 1. The van der Waals surface area contributed by atoms with E-state index in [9.17, 15) is 13.2 Å². The first-order chi connectivity index (χ1) is 14.8. The van der Waals surface area contributed by atoms with Gasteiger partial charge in [0.15, 0.2) is 0 Å². The van der Waals surface area contributed by atoms with Crippen molar-refractivity contribution < 1.29 is 13.2 Å². The number of aromatic nitrogens is 2. The molecular formula is C23H28N4O3S. The van der Waals surface area contributed by atoms with Gasteiger partial charge in [-0.25, -0.2) is 17.8 Å². The van der Waals surface area contributed by atoms with E-state index in [0.717, 1.165) is 16.9 Å². The van der Waals surface area contributed by atoms with Crippen LogP contribution in [0.5, 0.6) is 0 Å². The van der Waals surface area contributed by atoms with Crippen molar-refractivity contribution >= 4 is 15.9 Å². The van der Waals surface area contributed by atoms with Gasteiger partial charge >= 0.3 is 0 Å². The number of nitrogens with one attached hydrogen (secondary N) is 2. The average molecular weight is 441 g/mol. The Morgan fingerprint density at radius 1 is 1.03 bits per heavy atom. The Balaban J connectivity index is 1.76. The van der Waals surface area contributed by atoms with E-state index in [4.69, 9.17) is 0 Å². The third-order valence-electron chi connectivity index (χ3n) is 4.77. The van der Waals surface area contributed by atoms with Gasteiger partial charge in [-0.2, -0.15) is 5.10 Å². The number of sulfonamides is 1. The largest absolute Gasteiger partial charge is 0.348 e. The molecule has 0 spiro atoms. The molecule has 3 aromatic rings. The molecule has 0 saturated heterocycles. The SMILES string of the molecule is CCc1c(C(=O)NCc2ccccc2CS(=O)(=O)NC(C)C)cnn1-c1ccccc1. The van der Waals surface area contributed by atoms with Crippen molar-refractivity contribution in [3.63, 3.8) is 0 Å². The van der Waals surface area contributed by atoms with E-state index in [2.05, 4.69) is 15.1 Å². The van der Waals surface area contributed by atoms with Gasteiger partial charge < -0.3 is 5.32 Å². The lowest BCUT2D eigenvalue weighted by Gasteiger charge is -2.13. The summed E-state index contributed by atoms with van der Waals surface area (Å²) in [6, 6.07) is 16.7. The minimum absolute atomic E-state index is 0.136. The van der Waals surface area contributed by atoms with Crippen LogP contribution in [0.2, 0.25) is 0 Å². The minimum Gasteiger partial charge on any atom is -0.348 e. The summed E-state index contributed by atoms with van der Waals surface area (Å²) in [5, 5.41) is 7.31. The van der Waals surface area contributed by atoms with Crippen molar-refractivity contribution in [2.75, 3.05) is 0 Å². The summed E-state index contributed by atoms with van der Waals surface area (Å²) >= 11 is 0. The molecule has 164 valence electrons. The van der Waals surface area contributed by atoms with E-state index in [1.54, 1.807) is 36.9 Å². The lowest BCUT2D eigenvalue weighted by molar-refractivity contribution is 0.0950. The number of amides is 1. The van der Waals surface area contributed by atoms with Crippen LogP contribution in [-0.4, -0.2) is 30.1 Å². The third-order valence-corrected chi connectivity index (χ3v) is 6.29. The molecule has 3 rings (SSSR count). The summed E-state index contributed by atoms with van der Waals surface area (Å²) in [4.78, 5) is 12.9. The van der Waals surface area contributed by atoms with Gasteiger partial charge in [0.1, 0.15) is 0 Å². The second kappa shape index (κ2) is 9.89. The summed E-state index contributed by atoms with van der Waals surface area (Å²) in [5.74, 6) is -0.374. The zero-order valence-electron chi connectivity index (χ0n) is 18.0. The Hall–Kier alpha value is -2.97. The molecule has 0 aliphatic heterocycles. The first kappa shape index (κ1) is 22.7. The van der Waals surface area contributed by atoms with Gasteiger partial charge in [0, 0.05) is 12.6 Å². The van der Waals surface area contributed by atoms with Crippen LogP contribution in [0.25, 0.3) is 5.69 Å². The summed E-state index contributed by atoms with van der Waals surface area (Å²) in [5.41, 5.74) is 3.65. The van der Waals surface area contributed by atoms with Gasteiger partial charge in [0.25, 0.3) is 5.91 Å². The highest BCUT2D eigenvalue weighted by Gasteiger charge is 2.19. The molecule has 31 heavy (non-hydrogen) atoms. The van der Waals surface area contributed by atoms with Crippen molar-refractivity contribution in [2.24, 2.45) is 0 Å². The molecule has 7 nitrogen and oxygen atoms in total. The molecule has 0 saturated carbocycles. The van der Waals surface area contributed by atoms with Crippen molar-refractivity contribution in [1.82, 2.24) is 19.8 Å². The van der Waals surface area contributed by atoms with Crippen LogP contribution in [0.15, 0.2) is 60.8 Å². The second-order valence-electron chi connectivity index (χ2n) is 7.59. The van der Waals surface area contributed by atoms with E-state index in [1.807, 2.05) is 49.4 Å². The number of rotatable bonds is 9. The summed E-state index contributed by atoms with van der Waals surface area (Å²) < 4.78 is 29.0. The maximum atomic E-state index is 12.9. The molecule has 2 N–H and O–H groups in total. The highest BCUT2D eigenvalue weighted by Crippen LogP contribution is 2.17. The maximum Gasteiger partial charge on any atom is 0.255 e. The standard InChI is InChI=1S/C23H28N4O3S/c1-4-22-21(15-25-27(22)20-12-6-5-7-13-20)23(28)24-14-18-10-8-9-11-19(18)16-31(29,30)26-17(2)3/h5-13,15,17,26H,4,14,16H2,1-3H3,(H,24,28). The van der Waals surface area contributed by atoms with Gasteiger partial charge in [0.05, 0.1) is 28.9 Å². The van der Waals surface area contributed by atoms with E-state index in [-0.39, 0.29) is 24.2 Å². The predicted molar refractivity (Wildman–Crippen MR) is 121 cm³/mol. The average Bonchev–Trinajstić information content (AvgIpc) is 3.16. The fraction of sp³-hybridized carbons (Fsp3) is 0.304. The van der Waals surface area contributed by atoms with Crippen molar-refractivity contribution in [1.29, 1.82) is 0 Å².